The Morgan fingerprint density at radius 2 is 2.37 bits per heavy atom. The lowest BCUT2D eigenvalue weighted by Gasteiger charge is -2.23. The van der Waals surface area contributed by atoms with Crippen molar-refractivity contribution < 1.29 is 0 Å². The maximum absolute atomic E-state index is 4.57. The zero-order valence-electron chi connectivity index (χ0n) is 11.9. The quantitative estimate of drug-likeness (QED) is 0.896. The van der Waals surface area contributed by atoms with Gasteiger partial charge >= 0.3 is 0 Å². The van der Waals surface area contributed by atoms with Crippen molar-refractivity contribution in [3.63, 3.8) is 0 Å². The molecular formula is C13H22BrN5. The highest BCUT2D eigenvalue weighted by Gasteiger charge is 2.22. The molecule has 5 nitrogen and oxygen atoms in total. The largest absolute Gasteiger partial charge is 0.358 e. The smallest absolute Gasteiger partial charge is 0.224 e. The molecule has 1 aliphatic rings. The van der Waals surface area contributed by atoms with Gasteiger partial charge in [-0.2, -0.15) is 4.98 Å². The molecule has 1 aliphatic heterocycles. The minimum atomic E-state index is 0.691. The highest BCUT2D eigenvalue weighted by atomic mass is 79.9. The van der Waals surface area contributed by atoms with Crippen LogP contribution in [0.15, 0.2) is 10.7 Å². The highest BCUT2D eigenvalue weighted by molar-refractivity contribution is 9.10. The molecule has 1 aromatic heterocycles. The van der Waals surface area contributed by atoms with E-state index < -0.39 is 0 Å². The van der Waals surface area contributed by atoms with E-state index in [1.165, 1.54) is 19.5 Å². The van der Waals surface area contributed by atoms with Crippen molar-refractivity contribution in [2.45, 2.75) is 13.3 Å². The highest BCUT2D eigenvalue weighted by Crippen LogP contribution is 2.25. The number of rotatable bonds is 5. The summed E-state index contributed by atoms with van der Waals surface area (Å²) in [6, 6.07) is 0. The summed E-state index contributed by atoms with van der Waals surface area (Å²) in [6.07, 6.45) is 3.08. The van der Waals surface area contributed by atoms with Gasteiger partial charge in [-0.25, -0.2) is 4.98 Å². The van der Waals surface area contributed by atoms with Crippen LogP contribution >= 0.6 is 15.9 Å². The first kappa shape index (κ1) is 14.5. The Morgan fingerprint density at radius 3 is 3.00 bits per heavy atom. The molecule has 19 heavy (non-hydrogen) atoms. The molecule has 1 saturated heterocycles. The van der Waals surface area contributed by atoms with Gasteiger partial charge in [0.25, 0.3) is 0 Å². The van der Waals surface area contributed by atoms with E-state index >= 15 is 0 Å². The van der Waals surface area contributed by atoms with E-state index in [-0.39, 0.29) is 0 Å². The van der Waals surface area contributed by atoms with Gasteiger partial charge < -0.3 is 15.1 Å². The van der Waals surface area contributed by atoms with Crippen LogP contribution < -0.4 is 10.2 Å². The van der Waals surface area contributed by atoms with Gasteiger partial charge in [0.05, 0.1) is 4.47 Å². The van der Waals surface area contributed by atoms with Gasteiger partial charge in [-0.15, -0.1) is 0 Å². The summed E-state index contributed by atoms with van der Waals surface area (Å²) in [5.74, 6) is 2.37. The van der Waals surface area contributed by atoms with Crippen LogP contribution in [0.1, 0.15) is 13.3 Å². The summed E-state index contributed by atoms with van der Waals surface area (Å²) in [7, 11) is 4.28. The Bertz CT molecular complexity index is 425. The van der Waals surface area contributed by atoms with Gasteiger partial charge in [0.1, 0.15) is 5.82 Å². The van der Waals surface area contributed by atoms with Crippen molar-refractivity contribution in [1.29, 1.82) is 0 Å². The lowest BCUT2D eigenvalue weighted by molar-refractivity contribution is 0.395. The molecule has 0 aromatic carbocycles. The van der Waals surface area contributed by atoms with Crippen LogP contribution in [0.3, 0.4) is 0 Å². The second kappa shape index (κ2) is 6.52. The molecule has 0 spiro atoms. The van der Waals surface area contributed by atoms with Crippen LogP contribution in [-0.2, 0) is 0 Å². The van der Waals surface area contributed by atoms with E-state index in [1.54, 1.807) is 0 Å². The molecule has 1 atom stereocenters. The molecule has 1 aromatic rings. The van der Waals surface area contributed by atoms with Gasteiger partial charge in [0.15, 0.2) is 0 Å². The first-order valence-corrected chi connectivity index (χ1v) is 7.55. The van der Waals surface area contributed by atoms with E-state index in [0.29, 0.717) is 5.95 Å². The Balaban J connectivity index is 2.04. The van der Waals surface area contributed by atoms with E-state index in [9.17, 15) is 0 Å². The van der Waals surface area contributed by atoms with Crippen molar-refractivity contribution in [2.24, 2.45) is 5.92 Å². The van der Waals surface area contributed by atoms with Crippen molar-refractivity contribution in [3.05, 3.63) is 10.7 Å². The predicted octanol–water partition coefficient (Wildman–Crippen LogP) is 2.06. The normalized spacial score (nSPS) is 19.7. The molecule has 0 aliphatic carbocycles. The fourth-order valence-corrected chi connectivity index (χ4v) is 3.01. The number of anilines is 2. The van der Waals surface area contributed by atoms with Crippen LogP contribution in [0.25, 0.3) is 0 Å². The molecule has 0 saturated carbocycles. The molecule has 1 N–H and O–H groups in total. The van der Waals surface area contributed by atoms with Crippen LogP contribution in [-0.4, -0.2) is 55.1 Å². The molecule has 106 valence electrons. The molecule has 1 fully saturated rings. The van der Waals surface area contributed by atoms with Crippen LogP contribution in [0.5, 0.6) is 0 Å². The van der Waals surface area contributed by atoms with E-state index in [4.69, 9.17) is 0 Å². The van der Waals surface area contributed by atoms with Crippen molar-refractivity contribution in [3.8, 4) is 0 Å². The number of likely N-dealkylation sites (tertiary alicyclic amines) is 1. The van der Waals surface area contributed by atoms with Crippen LogP contribution in [0.2, 0.25) is 0 Å². The molecule has 0 bridgehead atoms. The van der Waals surface area contributed by atoms with Gasteiger partial charge in [-0.1, -0.05) is 0 Å². The van der Waals surface area contributed by atoms with Gasteiger partial charge in [0, 0.05) is 32.9 Å². The maximum atomic E-state index is 4.57. The summed E-state index contributed by atoms with van der Waals surface area (Å²) >= 11 is 3.54. The summed E-state index contributed by atoms with van der Waals surface area (Å²) in [6.45, 7) is 6.28. The predicted molar refractivity (Wildman–Crippen MR) is 82.8 cm³/mol. The molecular weight excluding hydrogens is 306 g/mol. The molecule has 0 amide bonds. The number of aromatic nitrogens is 2. The van der Waals surface area contributed by atoms with Crippen LogP contribution in [0.4, 0.5) is 11.8 Å². The minimum absolute atomic E-state index is 0.691. The van der Waals surface area contributed by atoms with Gasteiger partial charge in [0.2, 0.25) is 5.95 Å². The first-order valence-electron chi connectivity index (χ1n) is 6.76. The van der Waals surface area contributed by atoms with E-state index in [2.05, 4.69) is 55.1 Å². The Kier molecular flexibility index (Phi) is 4.99. The third-order valence-electron chi connectivity index (χ3n) is 3.44. The lowest BCUT2D eigenvalue weighted by atomic mass is 10.1. The summed E-state index contributed by atoms with van der Waals surface area (Å²) in [4.78, 5) is 13.4. The Hall–Kier alpha value is -0.880. The molecule has 2 heterocycles. The molecule has 0 radical (unpaired) electrons. The first-order chi connectivity index (χ1) is 9.10. The molecule has 1 unspecified atom stereocenters. The fourth-order valence-electron chi connectivity index (χ4n) is 2.52. The second-order valence-corrected chi connectivity index (χ2v) is 6.05. The Morgan fingerprint density at radius 1 is 1.58 bits per heavy atom. The topological polar surface area (TPSA) is 44.3 Å². The van der Waals surface area contributed by atoms with Gasteiger partial charge in [-0.05, 0) is 48.8 Å². The number of hydrogen-bond donors (Lipinski definition) is 1. The van der Waals surface area contributed by atoms with Crippen molar-refractivity contribution in [2.75, 3.05) is 50.5 Å². The van der Waals surface area contributed by atoms with Crippen molar-refractivity contribution in [1.82, 2.24) is 14.9 Å². The third kappa shape index (κ3) is 3.79. The SMILES string of the molecule is CCNc1ncc(Br)c(N(C)CC2CCN(C)C2)n1. The minimum Gasteiger partial charge on any atom is -0.358 e. The monoisotopic (exact) mass is 327 g/mol. The zero-order chi connectivity index (χ0) is 13.8. The Labute approximate surface area is 123 Å². The van der Waals surface area contributed by atoms with Crippen molar-refractivity contribution >= 4 is 27.7 Å². The number of hydrogen-bond acceptors (Lipinski definition) is 5. The number of nitrogens with zero attached hydrogens (tertiary/aromatic N) is 4. The number of nitrogens with one attached hydrogen (secondary N) is 1. The second-order valence-electron chi connectivity index (χ2n) is 5.19. The van der Waals surface area contributed by atoms with Gasteiger partial charge in [-0.3, -0.25) is 0 Å². The summed E-state index contributed by atoms with van der Waals surface area (Å²) in [5.41, 5.74) is 0. The van der Waals surface area contributed by atoms with E-state index in [1.807, 2.05) is 13.1 Å². The maximum Gasteiger partial charge on any atom is 0.224 e. The zero-order valence-corrected chi connectivity index (χ0v) is 13.4. The molecule has 6 heteroatoms. The fraction of sp³-hybridized carbons (Fsp3) is 0.692. The molecule has 2 rings (SSSR count). The standard InChI is InChI=1S/C13H22BrN5/c1-4-15-13-16-7-11(14)12(17-13)19(3)9-10-5-6-18(2)8-10/h7,10H,4-6,8-9H2,1-3H3,(H,15,16,17). The average Bonchev–Trinajstić information content (AvgIpc) is 2.77. The summed E-state index contributed by atoms with van der Waals surface area (Å²) < 4.78 is 0.947. The van der Waals surface area contributed by atoms with Crippen LogP contribution in [0, 0.1) is 5.92 Å². The summed E-state index contributed by atoms with van der Waals surface area (Å²) in [5, 5.41) is 3.15. The average molecular weight is 328 g/mol. The lowest BCUT2D eigenvalue weighted by Crippen LogP contribution is -2.28. The third-order valence-corrected chi connectivity index (χ3v) is 4.00. The van der Waals surface area contributed by atoms with E-state index in [0.717, 1.165) is 29.3 Å². The number of halogens is 1.